The van der Waals surface area contributed by atoms with Gasteiger partial charge in [-0.2, -0.15) is 0 Å². The van der Waals surface area contributed by atoms with Gasteiger partial charge in [0.2, 0.25) is 9.84 Å². The fraction of sp³-hybridized carbons (Fsp3) is 0.125. The smallest absolute Gasteiger partial charge is 0.206 e. The van der Waals surface area contributed by atoms with Crippen molar-refractivity contribution in [2.24, 2.45) is 0 Å². The SMILES string of the molecule is O=S(=O)(C1=CCCc2cc(I)ccc21)c1ccc(Cl)cc1. The zero-order valence-corrected chi connectivity index (χ0v) is 14.7. The van der Waals surface area contributed by atoms with Gasteiger partial charge in [0.1, 0.15) is 0 Å². The molecule has 0 aliphatic heterocycles. The Labute approximate surface area is 142 Å². The molecule has 0 N–H and O–H groups in total. The van der Waals surface area contributed by atoms with Gasteiger partial charge in [-0.25, -0.2) is 8.42 Å². The van der Waals surface area contributed by atoms with Crippen LogP contribution in [0.15, 0.2) is 53.4 Å². The Balaban J connectivity index is 2.12. The molecule has 0 saturated carbocycles. The van der Waals surface area contributed by atoms with Gasteiger partial charge in [-0.15, -0.1) is 0 Å². The summed E-state index contributed by atoms with van der Waals surface area (Å²) in [6, 6.07) is 12.2. The van der Waals surface area contributed by atoms with Crippen molar-refractivity contribution in [3.05, 3.63) is 68.3 Å². The van der Waals surface area contributed by atoms with E-state index in [0.717, 1.165) is 27.5 Å². The maximum absolute atomic E-state index is 12.8. The summed E-state index contributed by atoms with van der Waals surface area (Å²) in [6.07, 6.45) is 3.44. The number of aryl methyl sites for hydroxylation is 1. The molecule has 2 nitrogen and oxygen atoms in total. The number of hydrogen-bond donors (Lipinski definition) is 0. The normalized spacial score (nSPS) is 14.5. The maximum atomic E-state index is 12.8. The first kappa shape index (κ1) is 15.1. The lowest BCUT2D eigenvalue weighted by Crippen LogP contribution is -2.10. The van der Waals surface area contributed by atoms with Gasteiger partial charge >= 0.3 is 0 Å². The standard InChI is InChI=1S/C16H12ClIO2S/c17-12-4-7-14(8-5-12)21(19,20)16-3-1-2-11-10-13(18)6-9-15(11)16/h3-10H,1-2H2. The molecule has 0 heterocycles. The van der Waals surface area contributed by atoms with Gasteiger partial charge in [-0.3, -0.25) is 0 Å². The first-order valence-electron chi connectivity index (χ1n) is 6.48. The molecule has 2 aromatic rings. The van der Waals surface area contributed by atoms with Crippen LogP contribution in [0.3, 0.4) is 0 Å². The molecule has 0 bridgehead atoms. The molecule has 0 amide bonds. The average molecular weight is 431 g/mol. The molecule has 2 aromatic carbocycles. The Kier molecular flexibility index (Phi) is 4.12. The van der Waals surface area contributed by atoms with Crippen molar-refractivity contribution in [2.45, 2.75) is 17.7 Å². The van der Waals surface area contributed by atoms with E-state index in [1.165, 1.54) is 0 Å². The third-order valence-electron chi connectivity index (χ3n) is 3.49. The van der Waals surface area contributed by atoms with E-state index in [1.54, 1.807) is 24.3 Å². The van der Waals surface area contributed by atoms with Gasteiger partial charge in [-0.05, 0) is 83.0 Å². The zero-order valence-electron chi connectivity index (χ0n) is 11.0. The summed E-state index contributed by atoms with van der Waals surface area (Å²) in [5, 5.41) is 0.529. The molecule has 0 saturated heterocycles. The van der Waals surface area contributed by atoms with Gasteiger partial charge < -0.3 is 0 Å². The van der Waals surface area contributed by atoms with Crippen molar-refractivity contribution in [3.63, 3.8) is 0 Å². The number of sulfone groups is 1. The van der Waals surface area contributed by atoms with Crippen LogP contribution in [0.5, 0.6) is 0 Å². The van der Waals surface area contributed by atoms with Crippen LogP contribution in [0.1, 0.15) is 17.5 Å². The minimum absolute atomic E-state index is 0.282. The predicted molar refractivity (Wildman–Crippen MR) is 94.1 cm³/mol. The quantitative estimate of drug-likeness (QED) is 0.647. The molecule has 1 aliphatic carbocycles. The van der Waals surface area contributed by atoms with E-state index in [2.05, 4.69) is 28.7 Å². The van der Waals surface area contributed by atoms with E-state index in [0.29, 0.717) is 9.93 Å². The van der Waals surface area contributed by atoms with Crippen LogP contribution in [-0.4, -0.2) is 8.42 Å². The lowest BCUT2D eigenvalue weighted by molar-refractivity contribution is 0.605. The van der Waals surface area contributed by atoms with Gasteiger partial charge in [0.05, 0.1) is 9.80 Å². The highest BCUT2D eigenvalue weighted by Crippen LogP contribution is 2.35. The summed E-state index contributed by atoms with van der Waals surface area (Å²) in [6.45, 7) is 0. The Hall–Kier alpha value is -0.850. The number of fused-ring (bicyclic) bond motifs is 1. The average Bonchev–Trinajstić information content (AvgIpc) is 2.46. The van der Waals surface area contributed by atoms with Crippen LogP contribution in [0.2, 0.25) is 5.02 Å². The summed E-state index contributed by atoms with van der Waals surface area (Å²) >= 11 is 8.08. The lowest BCUT2D eigenvalue weighted by Gasteiger charge is -2.18. The van der Waals surface area contributed by atoms with Crippen molar-refractivity contribution in [1.82, 2.24) is 0 Å². The van der Waals surface area contributed by atoms with Crippen LogP contribution < -0.4 is 0 Å². The monoisotopic (exact) mass is 430 g/mol. The second kappa shape index (κ2) is 5.74. The van der Waals surface area contributed by atoms with E-state index in [4.69, 9.17) is 11.6 Å². The van der Waals surface area contributed by atoms with Crippen molar-refractivity contribution >= 4 is 48.9 Å². The van der Waals surface area contributed by atoms with Crippen LogP contribution >= 0.6 is 34.2 Å². The van der Waals surface area contributed by atoms with E-state index >= 15 is 0 Å². The van der Waals surface area contributed by atoms with E-state index in [1.807, 2.05) is 18.2 Å². The van der Waals surface area contributed by atoms with E-state index in [-0.39, 0.29) is 4.90 Å². The number of halogens is 2. The van der Waals surface area contributed by atoms with Gasteiger partial charge in [-0.1, -0.05) is 23.7 Å². The molecule has 108 valence electrons. The molecule has 5 heteroatoms. The van der Waals surface area contributed by atoms with E-state index < -0.39 is 9.84 Å². The number of allylic oxidation sites excluding steroid dienone is 1. The third-order valence-corrected chi connectivity index (χ3v) is 6.27. The molecule has 3 rings (SSSR count). The fourth-order valence-electron chi connectivity index (χ4n) is 2.47. The number of benzene rings is 2. The van der Waals surface area contributed by atoms with Crippen molar-refractivity contribution in [3.8, 4) is 0 Å². The molecule has 0 fully saturated rings. The van der Waals surface area contributed by atoms with Gasteiger partial charge in [0, 0.05) is 8.59 Å². The molecule has 21 heavy (non-hydrogen) atoms. The van der Waals surface area contributed by atoms with E-state index in [9.17, 15) is 8.42 Å². The van der Waals surface area contributed by atoms with Crippen LogP contribution in [-0.2, 0) is 16.3 Å². The number of rotatable bonds is 2. The first-order valence-corrected chi connectivity index (χ1v) is 9.42. The lowest BCUT2D eigenvalue weighted by atomic mass is 9.97. The molecule has 0 atom stereocenters. The highest BCUT2D eigenvalue weighted by atomic mass is 127. The van der Waals surface area contributed by atoms with Crippen LogP contribution in [0.25, 0.3) is 4.91 Å². The van der Waals surface area contributed by atoms with Gasteiger partial charge in [0.25, 0.3) is 0 Å². The fourth-order valence-corrected chi connectivity index (χ4v) is 4.73. The van der Waals surface area contributed by atoms with Crippen molar-refractivity contribution in [2.75, 3.05) is 0 Å². The molecular weight excluding hydrogens is 419 g/mol. The van der Waals surface area contributed by atoms with Crippen LogP contribution in [0.4, 0.5) is 0 Å². The minimum Gasteiger partial charge on any atom is -0.219 e. The minimum atomic E-state index is -3.51. The summed E-state index contributed by atoms with van der Waals surface area (Å²) in [4.78, 5) is 0.687. The third kappa shape index (κ3) is 2.89. The van der Waals surface area contributed by atoms with Gasteiger partial charge in [0.15, 0.2) is 0 Å². The number of hydrogen-bond acceptors (Lipinski definition) is 2. The molecule has 0 unspecified atom stereocenters. The highest BCUT2D eigenvalue weighted by Gasteiger charge is 2.26. The molecule has 0 aromatic heterocycles. The second-order valence-electron chi connectivity index (χ2n) is 4.87. The topological polar surface area (TPSA) is 34.1 Å². The molecule has 0 radical (unpaired) electrons. The Morgan fingerprint density at radius 2 is 1.76 bits per heavy atom. The van der Waals surface area contributed by atoms with Crippen molar-refractivity contribution in [1.29, 1.82) is 0 Å². The Morgan fingerprint density at radius 3 is 2.48 bits per heavy atom. The zero-order chi connectivity index (χ0) is 15.0. The van der Waals surface area contributed by atoms with Crippen molar-refractivity contribution < 1.29 is 8.42 Å². The summed E-state index contributed by atoms with van der Waals surface area (Å²) < 4.78 is 26.8. The highest BCUT2D eigenvalue weighted by molar-refractivity contribution is 14.1. The summed E-state index contributed by atoms with van der Waals surface area (Å²) in [5.41, 5.74) is 1.91. The molecular formula is C16H12ClIO2S. The first-order chi connectivity index (χ1) is 9.98. The summed E-state index contributed by atoms with van der Waals surface area (Å²) in [7, 11) is -3.51. The second-order valence-corrected chi connectivity index (χ2v) is 8.47. The maximum Gasteiger partial charge on any atom is 0.206 e. The summed E-state index contributed by atoms with van der Waals surface area (Å²) in [5.74, 6) is 0. The molecule has 0 spiro atoms. The molecule has 1 aliphatic rings. The Bertz CT molecular complexity index is 824. The largest absolute Gasteiger partial charge is 0.219 e. The predicted octanol–water partition coefficient (Wildman–Crippen LogP) is 4.71. The Morgan fingerprint density at radius 1 is 1.05 bits per heavy atom. The van der Waals surface area contributed by atoms with Crippen LogP contribution in [0, 0.1) is 3.57 Å².